The summed E-state index contributed by atoms with van der Waals surface area (Å²) in [5.74, 6) is -0.187. The van der Waals surface area contributed by atoms with Crippen molar-refractivity contribution >= 4 is 5.65 Å². The molecule has 0 aliphatic carbocycles. The second kappa shape index (κ2) is 6.06. The van der Waals surface area contributed by atoms with Crippen molar-refractivity contribution < 1.29 is 4.39 Å². The molecule has 0 aliphatic heterocycles. The fraction of sp³-hybridized carbons (Fsp3) is 0.235. The van der Waals surface area contributed by atoms with Crippen LogP contribution in [0.25, 0.3) is 5.65 Å². The maximum Gasteiger partial charge on any atom is 0.137 e. The summed E-state index contributed by atoms with van der Waals surface area (Å²) in [6.45, 7) is 3.66. The fourth-order valence-corrected chi connectivity index (χ4v) is 2.47. The third kappa shape index (κ3) is 3.11. The summed E-state index contributed by atoms with van der Waals surface area (Å²) in [6.07, 6.45) is 2.92. The van der Waals surface area contributed by atoms with Crippen LogP contribution in [0.2, 0.25) is 0 Å². The predicted molar refractivity (Wildman–Crippen MR) is 81.7 cm³/mol. The number of fused-ring (bicyclic) bond motifs is 1. The summed E-state index contributed by atoms with van der Waals surface area (Å²) < 4.78 is 14.9. The van der Waals surface area contributed by atoms with Crippen LogP contribution in [-0.2, 0) is 13.0 Å². The van der Waals surface area contributed by atoms with Crippen molar-refractivity contribution in [2.75, 3.05) is 6.54 Å². The Balaban J connectivity index is 1.59. The van der Waals surface area contributed by atoms with E-state index in [2.05, 4.69) is 14.7 Å². The van der Waals surface area contributed by atoms with Gasteiger partial charge < -0.3 is 9.72 Å². The normalized spacial score (nSPS) is 11.1. The molecule has 0 aliphatic rings. The molecule has 0 bridgehead atoms. The van der Waals surface area contributed by atoms with Crippen LogP contribution in [0.4, 0.5) is 4.39 Å². The van der Waals surface area contributed by atoms with Gasteiger partial charge in [0.1, 0.15) is 11.5 Å². The minimum Gasteiger partial charge on any atom is -0.311 e. The first-order chi connectivity index (χ1) is 10.2. The van der Waals surface area contributed by atoms with E-state index >= 15 is 0 Å². The standard InChI is InChI=1S/C17H18FN3/c1-13-16(21-11-3-2-4-17(21)20-13)12-19-10-9-14-5-7-15(18)8-6-14/h2-8,11,19H,9-10,12H2,1H3. The van der Waals surface area contributed by atoms with Crippen molar-refractivity contribution in [3.63, 3.8) is 0 Å². The molecule has 0 fully saturated rings. The number of aromatic nitrogens is 2. The van der Waals surface area contributed by atoms with Crippen LogP contribution in [0.15, 0.2) is 48.7 Å². The highest BCUT2D eigenvalue weighted by Gasteiger charge is 2.07. The number of hydrogen-bond acceptors (Lipinski definition) is 2. The number of aryl methyl sites for hydroxylation is 1. The number of nitrogens with one attached hydrogen (secondary N) is 1. The van der Waals surface area contributed by atoms with Gasteiger partial charge in [0, 0.05) is 12.7 Å². The first-order valence-corrected chi connectivity index (χ1v) is 7.12. The number of imidazole rings is 1. The Bertz CT molecular complexity index is 731. The highest BCUT2D eigenvalue weighted by Crippen LogP contribution is 2.11. The van der Waals surface area contributed by atoms with E-state index in [0.29, 0.717) is 0 Å². The van der Waals surface area contributed by atoms with E-state index in [0.717, 1.165) is 36.4 Å². The van der Waals surface area contributed by atoms with Crippen LogP contribution in [-0.4, -0.2) is 15.9 Å². The van der Waals surface area contributed by atoms with E-state index in [9.17, 15) is 4.39 Å². The van der Waals surface area contributed by atoms with Gasteiger partial charge >= 0.3 is 0 Å². The number of nitrogens with zero attached hydrogens (tertiary/aromatic N) is 2. The van der Waals surface area contributed by atoms with Gasteiger partial charge in [0.2, 0.25) is 0 Å². The van der Waals surface area contributed by atoms with Gasteiger partial charge in [-0.15, -0.1) is 0 Å². The molecule has 2 heterocycles. The monoisotopic (exact) mass is 283 g/mol. The number of rotatable bonds is 5. The van der Waals surface area contributed by atoms with Crippen LogP contribution in [0.3, 0.4) is 0 Å². The molecule has 4 heteroatoms. The molecule has 3 aromatic rings. The molecule has 21 heavy (non-hydrogen) atoms. The Kier molecular flexibility index (Phi) is 3.97. The van der Waals surface area contributed by atoms with Crippen LogP contribution in [0, 0.1) is 12.7 Å². The van der Waals surface area contributed by atoms with Gasteiger partial charge in [-0.2, -0.15) is 0 Å². The molecule has 0 unspecified atom stereocenters. The molecule has 1 N–H and O–H groups in total. The zero-order valence-electron chi connectivity index (χ0n) is 12.0. The van der Waals surface area contributed by atoms with Gasteiger partial charge in [-0.1, -0.05) is 18.2 Å². The first-order valence-electron chi connectivity index (χ1n) is 7.12. The van der Waals surface area contributed by atoms with Gasteiger partial charge in [0.25, 0.3) is 0 Å². The average molecular weight is 283 g/mol. The van der Waals surface area contributed by atoms with Crippen molar-refractivity contribution in [1.29, 1.82) is 0 Å². The van der Waals surface area contributed by atoms with Gasteiger partial charge in [-0.05, 0) is 49.7 Å². The van der Waals surface area contributed by atoms with E-state index in [1.807, 2.05) is 43.5 Å². The lowest BCUT2D eigenvalue weighted by molar-refractivity contribution is 0.625. The first kappa shape index (κ1) is 13.8. The molecule has 0 atom stereocenters. The summed E-state index contributed by atoms with van der Waals surface area (Å²) in [7, 11) is 0. The van der Waals surface area contributed by atoms with Crippen molar-refractivity contribution in [2.24, 2.45) is 0 Å². The number of halogens is 1. The molecular formula is C17H18FN3. The lowest BCUT2D eigenvalue weighted by Gasteiger charge is -2.06. The Hall–Kier alpha value is -2.20. The van der Waals surface area contributed by atoms with Crippen molar-refractivity contribution in [3.05, 3.63) is 71.4 Å². The lowest BCUT2D eigenvalue weighted by Crippen LogP contribution is -2.18. The SMILES string of the molecule is Cc1nc2ccccn2c1CNCCc1ccc(F)cc1. The molecule has 108 valence electrons. The highest BCUT2D eigenvalue weighted by molar-refractivity contribution is 5.42. The molecule has 3 rings (SSSR count). The maximum atomic E-state index is 12.8. The number of benzene rings is 1. The smallest absolute Gasteiger partial charge is 0.137 e. The lowest BCUT2D eigenvalue weighted by atomic mass is 10.1. The summed E-state index contributed by atoms with van der Waals surface area (Å²) in [6, 6.07) is 12.7. The Morgan fingerprint density at radius 3 is 2.76 bits per heavy atom. The molecule has 0 radical (unpaired) electrons. The summed E-state index contributed by atoms with van der Waals surface area (Å²) in [5, 5.41) is 3.43. The van der Waals surface area contributed by atoms with E-state index in [1.165, 1.54) is 17.8 Å². The summed E-state index contributed by atoms with van der Waals surface area (Å²) >= 11 is 0. The Morgan fingerprint density at radius 1 is 1.14 bits per heavy atom. The van der Waals surface area contributed by atoms with Gasteiger partial charge in [-0.3, -0.25) is 0 Å². The van der Waals surface area contributed by atoms with E-state index in [4.69, 9.17) is 0 Å². The highest BCUT2D eigenvalue weighted by atomic mass is 19.1. The van der Waals surface area contributed by atoms with Crippen LogP contribution in [0.5, 0.6) is 0 Å². The topological polar surface area (TPSA) is 29.3 Å². The van der Waals surface area contributed by atoms with Gasteiger partial charge in [0.15, 0.2) is 0 Å². The predicted octanol–water partition coefficient (Wildman–Crippen LogP) is 3.11. The molecule has 0 saturated heterocycles. The maximum absolute atomic E-state index is 12.8. The van der Waals surface area contributed by atoms with Crippen LogP contribution < -0.4 is 5.32 Å². The third-order valence-corrected chi connectivity index (χ3v) is 3.63. The minimum absolute atomic E-state index is 0.187. The molecule has 2 aromatic heterocycles. The second-order valence-corrected chi connectivity index (χ2v) is 5.13. The average Bonchev–Trinajstić information content (AvgIpc) is 2.81. The largest absolute Gasteiger partial charge is 0.311 e. The zero-order valence-corrected chi connectivity index (χ0v) is 12.0. The fourth-order valence-electron chi connectivity index (χ4n) is 2.47. The van der Waals surface area contributed by atoms with Crippen molar-refractivity contribution in [2.45, 2.75) is 19.9 Å². The van der Waals surface area contributed by atoms with E-state index < -0.39 is 0 Å². The van der Waals surface area contributed by atoms with Crippen molar-refractivity contribution in [3.8, 4) is 0 Å². The molecule has 0 saturated carbocycles. The number of hydrogen-bond donors (Lipinski definition) is 1. The molecule has 1 aromatic carbocycles. The second-order valence-electron chi connectivity index (χ2n) is 5.13. The van der Waals surface area contributed by atoms with E-state index in [1.54, 1.807) is 0 Å². The van der Waals surface area contributed by atoms with Crippen LogP contribution >= 0.6 is 0 Å². The molecule has 3 nitrogen and oxygen atoms in total. The summed E-state index contributed by atoms with van der Waals surface area (Å²) in [5.41, 5.74) is 4.35. The molecule has 0 amide bonds. The molecule has 0 spiro atoms. The van der Waals surface area contributed by atoms with Gasteiger partial charge in [0.05, 0.1) is 11.4 Å². The number of pyridine rings is 1. The quantitative estimate of drug-likeness (QED) is 0.729. The van der Waals surface area contributed by atoms with E-state index in [-0.39, 0.29) is 5.82 Å². The van der Waals surface area contributed by atoms with Crippen molar-refractivity contribution in [1.82, 2.24) is 14.7 Å². The van der Waals surface area contributed by atoms with Crippen LogP contribution in [0.1, 0.15) is 17.0 Å². The van der Waals surface area contributed by atoms with Gasteiger partial charge in [-0.25, -0.2) is 9.37 Å². The Labute approximate surface area is 123 Å². The Morgan fingerprint density at radius 2 is 1.95 bits per heavy atom. The molecular weight excluding hydrogens is 265 g/mol. The zero-order chi connectivity index (χ0) is 14.7. The third-order valence-electron chi connectivity index (χ3n) is 3.63. The summed E-state index contributed by atoms with van der Waals surface area (Å²) in [4.78, 5) is 4.54. The minimum atomic E-state index is -0.187.